The van der Waals surface area contributed by atoms with Crippen molar-refractivity contribution in [1.82, 2.24) is 9.55 Å². The standard InChI is InChI=1S/C24H26N2O5S/c1-4-22(27)24(2,32(3,29)30)9-10-26-15-25-21-12-17(7-8-20(21)23(26)28)16-5-6-18-13-31-14-19(18)11-16/h5-8,11-12,15H,4,9-10,13-14H2,1-3H3/t24-/m0/s1. The largest absolute Gasteiger partial charge is 0.372 e. The molecule has 0 radical (unpaired) electrons. The predicted molar refractivity (Wildman–Crippen MR) is 123 cm³/mol. The summed E-state index contributed by atoms with van der Waals surface area (Å²) in [6, 6.07) is 11.7. The number of ether oxygens (including phenoxy) is 1. The molecular formula is C24H26N2O5S. The molecule has 0 N–H and O–H groups in total. The lowest BCUT2D eigenvalue weighted by molar-refractivity contribution is -0.121. The van der Waals surface area contributed by atoms with Gasteiger partial charge in [0.05, 0.1) is 30.4 Å². The minimum Gasteiger partial charge on any atom is -0.372 e. The van der Waals surface area contributed by atoms with Gasteiger partial charge in [0, 0.05) is 19.2 Å². The van der Waals surface area contributed by atoms with Crippen LogP contribution in [0.3, 0.4) is 0 Å². The number of aromatic nitrogens is 2. The van der Waals surface area contributed by atoms with E-state index in [0.717, 1.165) is 17.4 Å². The zero-order valence-corrected chi connectivity index (χ0v) is 19.2. The minimum atomic E-state index is -3.64. The van der Waals surface area contributed by atoms with Gasteiger partial charge in [-0.2, -0.15) is 0 Å². The fraction of sp³-hybridized carbons (Fsp3) is 0.375. The van der Waals surface area contributed by atoms with Crippen LogP contribution in [0.2, 0.25) is 0 Å². The van der Waals surface area contributed by atoms with Gasteiger partial charge < -0.3 is 4.74 Å². The summed E-state index contributed by atoms with van der Waals surface area (Å²) in [4.78, 5) is 29.8. The van der Waals surface area contributed by atoms with Gasteiger partial charge in [0.1, 0.15) is 4.75 Å². The van der Waals surface area contributed by atoms with Crippen molar-refractivity contribution in [2.24, 2.45) is 0 Å². The Bertz CT molecular complexity index is 1380. The molecule has 7 nitrogen and oxygen atoms in total. The summed E-state index contributed by atoms with van der Waals surface area (Å²) >= 11 is 0. The highest BCUT2D eigenvalue weighted by Gasteiger charge is 2.41. The first kappa shape index (κ1) is 22.4. The number of nitrogens with zero attached hydrogens (tertiary/aromatic N) is 2. The zero-order chi connectivity index (χ0) is 23.1. The second kappa shape index (κ2) is 8.26. The van der Waals surface area contributed by atoms with Gasteiger partial charge in [-0.15, -0.1) is 0 Å². The molecule has 0 saturated carbocycles. The van der Waals surface area contributed by atoms with Crippen LogP contribution in [0.25, 0.3) is 22.0 Å². The molecule has 168 valence electrons. The third-order valence-corrected chi connectivity index (χ3v) is 8.51. The summed E-state index contributed by atoms with van der Waals surface area (Å²) in [5, 5.41) is 0.448. The first-order valence-corrected chi connectivity index (χ1v) is 12.4. The van der Waals surface area contributed by atoms with Crippen molar-refractivity contribution in [1.29, 1.82) is 0 Å². The second-order valence-corrected chi connectivity index (χ2v) is 10.9. The number of fused-ring (bicyclic) bond motifs is 2. The maximum atomic E-state index is 13.0. The Kier molecular flexibility index (Phi) is 5.77. The van der Waals surface area contributed by atoms with E-state index < -0.39 is 14.6 Å². The van der Waals surface area contributed by atoms with Crippen LogP contribution in [0.5, 0.6) is 0 Å². The summed E-state index contributed by atoms with van der Waals surface area (Å²) in [6.07, 6.45) is 2.62. The molecule has 1 aromatic heterocycles. The van der Waals surface area contributed by atoms with Gasteiger partial charge in [0.25, 0.3) is 5.56 Å². The third kappa shape index (κ3) is 3.89. The lowest BCUT2D eigenvalue weighted by Gasteiger charge is -2.26. The molecule has 2 aromatic carbocycles. The van der Waals surface area contributed by atoms with E-state index in [2.05, 4.69) is 17.1 Å². The molecule has 0 amide bonds. The molecule has 2 heterocycles. The van der Waals surface area contributed by atoms with E-state index in [-0.39, 0.29) is 30.7 Å². The van der Waals surface area contributed by atoms with Crippen LogP contribution < -0.4 is 5.56 Å². The lowest BCUT2D eigenvalue weighted by atomic mass is 9.99. The maximum Gasteiger partial charge on any atom is 0.261 e. The molecule has 4 rings (SSSR count). The molecule has 0 saturated heterocycles. The van der Waals surface area contributed by atoms with Gasteiger partial charge in [-0.1, -0.05) is 25.1 Å². The Morgan fingerprint density at radius 3 is 2.53 bits per heavy atom. The zero-order valence-electron chi connectivity index (χ0n) is 18.4. The molecule has 0 unspecified atom stereocenters. The number of Topliss-reactive ketones (excluding diaryl/α,β-unsaturated/α-hetero) is 1. The molecule has 1 aliphatic rings. The number of ketones is 1. The average molecular weight is 455 g/mol. The number of aryl methyl sites for hydroxylation is 1. The summed E-state index contributed by atoms with van der Waals surface area (Å²) in [7, 11) is -3.64. The van der Waals surface area contributed by atoms with Crippen molar-refractivity contribution >= 4 is 26.5 Å². The molecule has 3 aromatic rings. The van der Waals surface area contributed by atoms with Crippen molar-refractivity contribution in [3.63, 3.8) is 0 Å². The average Bonchev–Trinajstić information content (AvgIpc) is 3.24. The van der Waals surface area contributed by atoms with Crippen molar-refractivity contribution in [3.05, 3.63) is 64.2 Å². The summed E-state index contributed by atoms with van der Waals surface area (Å²) in [6.45, 7) is 4.40. The van der Waals surface area contributed by atoms with Crippen LogP contribution in [-0.4, -0.2) is 34.8 Å². The topological polar surface area (TPSA) is 95.3 Å². The van der Waals surface area contributed by atoms with E-state index in [4.69, 9.17) is 4.74 Å². The molecular weight excluding hydrogens is 428 g/mol. The molecule has 8 heteroatoms. The van der Waals surface area contributed by atoms with Crippen molar-refractivity contribution in [2.45, 2.75) is 51.2 Å². The van der Waals surface area contributed by atoms with Gasteiger partial charge in [-0.3, -0.25) is 14.2 Å². The van der Waals surface area contributed by atoms with E-state index in [1.54, 1.807) is 13.0 Å². The van der Waals surface area contributed by atoms with Gasteiger partial charge in [0.2, 0.25) is 0 Å². The Labute approximate surface area is 187 Å². The molecule has 0 fully saturated rings. The van der Waals surface area contributed by atoms with Crippen molar-refractivity contribution in [2.75, 3.05) is 6.26 Å². The van der Waals surface area contributed by atoms with E-state index in [1.807, 2.05) is 18.2 Å². The van der Waals surface area contributed by atoms with E-state index in [9.17, 15) is 18.0 Å². The van der Waals surface area contributed by atoms with Gasteiger partial charge >= 0.3 is 0 Å². The number of hydrogen-bond donors (Lipinski definition) is 0. The smallest absolute Gasteiger partial charge is 0.261 e. The third-order valence-electron chi connectivity index (χ3n) is 6.44. The van der Waals surface area contributed by atoms with Crippen LogP contribution in [-0.2, 0) is 39.1 Å². The first-order chi connectivity index (χ1) is 15.1. The number of carbonyl (C=O) groups is 1. The van der Waals surface area contributed by atoms with Crippen LogP contribution in [0, 0.1) is 0 Å². The Morgan fingerprint density at radius 1 is 1.12 bits per heavy atom. The number of rotatable bonds is 7. The highest BCUT2D eigenvalue weighted by Crippen LogP contribution is 2.28. The quantitative estimate of drug-likeness (QED) is 0.544. The van der Waals surface area contributed by atoms with Crippen molar-refractivity contribution < 1.29 is 17.9 Å². The van der Waals surface area contributed by atoms with E-state index >= 15 is 0 Å². The first-order valence-electron chi connectivity index (χ1n) is 10.6. The van der Waals surface area contributed by atoms with Gasteiger partial charge in [-0.25, -0.2) is 13.4 Å². The summed E-state index contributed by atoms with van der Waals surface area (Å²) in [5.41, 5.74) is 4.65. The second-order valence-electron chi connectivity index (χ2n) is 8.48. The Hall–Kier alpha value is -2.84. The highest BCUT2D eigenvalue weighted by atomic mass is 32.2. The monoisotopic (exact) mass is 454 g/mol. The predicted octanol–water partition coefficient (Wildman–Crippen LogP) is 3.27. The molecule has 0 aliphatic carbocycles. The fourth-order valence-corrected chi connectivity index (χ4v) is 5.11. The minimum absolute atomic E-state index is 0.0148. The lowest BCUT2D eigenvalue weighted by Crippen LogP contribution is -2.44. The van der Waals surface area contributed by atoms with E-state index in [1.165, 1.54) is 28.9 Å². The fourth-order valence-electron chi connectivity index (χ4n) is 4.09. The van der Waals surface area contributed by atoms with Gasteiger partial charge in [-0.05, 0) is 53.8 Å². The number of carbonyl (C=O) groups excluding carboxylic acids is 1. The highest BCUT2D eigenvalue weighted by molar-refractivity contribution is 7.92. The molecule has 32 heavy (non-hydrogen) atoms. The van der Waals surface area contributed by atoms with Crippen LogP contribution in [0.1, 0.15) is 37.8 Å². The van der Waals surface area contributed by atoms with Gasteiger partial charge in [0.15, 0.2) is 15.6 Å². The number of hydrogen-bond acceptors (Lipinski definition) is 6. The SMILES string of the molecule is CCC(=O)[C@](C)(CCn1cnc2cc(-c3ccc4c(c3)COC4)ccc2c1=O)S(C)(=O)=O. The van der Waals surface area contributed by atoms with E-state index in [0.29, 0.717) is 24.1 Å². The Morgan fingerprint density at radius 2 is 1.81 bits per heavy atom. The number of benzene rings is 2. The molecule has 0 bridgehead atoms. The summed E-state index contributed by atoms with van der Waals surface area (Å²) in [5.74, 6) is -0.355. The van der Waals surface area contributed by atoms with Crippen molar-refractivity contribution in [3.8, 4) is 11.1 Å². The maximum absolute atomic E-state index is 13.0. The molecule has 1 atom stereocenters. The Balaban J connectivity index is 1.64. The van der Waals surface area contributed by atoms with Crippen LogP contribution in [0.4, 0.5) is 0 Å². The molecule has 0 spiro atoms. The normalized spacial score (nSPS) is 15.5. The van der Waals surface area contributed by atoms with Crippen LogP contribution in [0.15, 0.2) is 47.5 Å². The summed E-state index contributed by atoms with van der Waals surface area (Å²) < 4.78 is 29.9. The molecule has 1 aliphatic heterocycles. The number of sulfone groups is 1. The van der Waals surface area contributed by atoms with Crippen LogP contribution >= 0.6 is 0 Å².